The fourth-order valence-corrected chi connectivity index (χ4v) is 15.1. The molecule has 12 N–H and O–H groups in total. The van der Waals surface area contributed by atoms with Crippen molar-refractivity contribution in [2.24, 2.45) is 45.3 Å². The molecule has 0 aromatic heterocycles. The van der Waals surface area contributed by atoms with Crippen LogP contribution < -0.4 is 0 Å². The Hall–Kier alpha value is -0.980. The zero-order chi connectivity index (χ0) is 49.5. The molecule has 0 spiro atoms. The van der Waals surface area contributed by atoms with Crippen molar-refractivity contribution in [2.45, 2.75) is 236 Å². The highest BCUT2D eigenvalue weighted by Crippen LogP contribution is 2.76. The van der Waals surface area contributed by atoms with Crippen LogP contribution in [0.2, 0.25) is 0 Å². The van der Waals surface area contributed by atoms with Crippen LogP contribution in [0, 0.1) is 45.3 Å². The molecule has 18 nitrogen and oxygen atoms in total. The van der Waals surface area contributed by atoms with Gasteiger partial charge in [-0.15, -0.1) is 0 Å². The van der Waals surface area contributed by atoms with Gasteiger partial charge >= 0.3 is 0 Å². The maximum Gasteiger partial charge on any atom is 0.187 e. The molecule has 26 unspecified atom stereocenters. The van der Waals surface area contributed by atoms with Crippen molar-refractivity contribution in [1.82, 2.24) is 0 Å². The standard InChI is InChI=1S/C49H84O18/c1-22(2)12-10-11-15-49(9,67-43-39(61)36(58)33(55)27(20-50)64-43)24-13-17-47(7)31(24)25(52)18-29-46(6)16-14-30(53)45(4,5)41(46)26(19-48(29,47)8)63-44-40(37(59)34(56)28(21-51)65-44)66-42-38(60)35(57)32(54)23(3)62-42/h12,23-44,50-61H,10-11,13-21H2,1-9H3. The number of unbranched alkanes of at least 4 members (excludes halogenated alkanes) is 1. The number of aliphatic hydroxyl groups is 12. The molecule has 3 saturated heterocycles. The van der Waals surface area contributed by atoms with Crippen molar-refractivity contribution in [3.8, 4) is 0 Å². The van der Waals surface area contributed by atoms with Gasteiger partial charge in [-0.2, -0.15) is 0 Å². The van der Waals surface area contributed by atoms with Gasteiger partial charge in [-0.3, -0.25) is 0 Å². The topological polar surface area (TPSA) is 298 Å². The third kappa shape index (κ3) is 9.15. The Morgan fingerprint density at radius 1 is 0.687 bits per heavy atom. The van der Waals surface area contributed by atoms with E-state index in [2.05, 4.69) is 26.8 Å². The monoisotopic (exact) mass is 961 g/mol. The van der Waals surface area contributed by atoms with E-state index in [0.29, 0.717) is 51.4 Å². The van der Waals surface area contributed by atoms with E-state index in [-0.39, 0.29) is 23.7 Å². The van der Waals surface area contributed by atoms with Crippen LogP contribution in [0.3, 0.4) is 0 Å². The molecule has 0 bridgehead atoms. The summed E-state index contributed by atoms with van der Waals surface area (Å²) in [5.74, 6) is -1.10. The van der Waals surface area contributed by atoms with E-state index >= 15 is 0 Å². The number of hydrogen-bond donors (Lipinski definition) is 12. The minimum absolute atomic E-state index is 0.0842. The van der Waals surface area contributed by atoms with Crippen molar-refractivity contribution < 1.29 is 89.7 Å². The Labute approximate surface area is 395 Å². The molecule has 7 rings (SSSR count). The fraction of sp³-hybridized carbons (Fsp3) is 0.959. The Morgan fingerprint density at radius 2 is 1.28 bits per heavy atom. The molecule has 3 heterocycles. The van der Waals surface area contributed by atoms with Gasteiger partial charge in [0, 0.05) is 0 Å². The largest absolute Gasteiger partial charge is 0.394 e. The van der Waals surface area contributed by atoms with Crippen LogP contribution in [-0.2, 0) is 28.4 Å². The number of allylic oxidation sites excluding steroid dienone is 2. The molecule has 3 aliphatic heterocycles. The maximum atomic E-state index is 12.8. The number of ether oxygens (including phenoxy) is 6. The third-order valence-electron chi connectivity index (χ3n) is 18.9. The zero-order valence-electron chi connectivity index (χ0n) is 40.9. The van der Waals surface area contributed by atoms with Crippen molar-refractivity contribution >= 4 is 0 Å². The van der Waals surface area contributed by atoms with Gasteiger partial charge in [-0.05, 0) is 131 Å². The fourth-order valence-electron chi connectivity index (χ4n) is 15.1. The van der Waals surface area contributed by atoms with Gasteiger partial charge in [0.1, 0.15) is 67.1 Å². The first-order valence-electron chi connectivity index (χ1n) is 24.8. The van der Waals surface area contributed by atoms with Crippen LogP contribution >= 0.6 is 0 Å². The molecule has 26 atom stereocenters. The predicted molar refractivity (Wildman–Crippen MR) is 238 cm³/mol. The second-order valence-corrected chi connectivity index (χ2v) is 23.4. The summed E-state index contributed by atoms with van der Waals surface area (Å²) >= 11 is 0. The van der Waals surface area contributed by atoms with E-state index in [1.54, 1.807) is 0 Å². The molecule has 4 saturated carbocycles. The number of rotatable bonds is 13. The lowest BCUT2D eigenvalue weighted by molar-refractivity contribution is -0.382. The quantitative estimate of drug-likeness (QED) is 0.0674. The van der Waals surface area contributed by atoms with Gasteiger partial charge in [0.2, 0.25) is 0 Å². The molecule has 0 radical (unpaired) electrons. The van der Waals surface area contributed by atoms with Gasteiger partial charge in [-0.25, -0.2) is 0 Å². The summed E-state index contributed by atoms with van der Waals surface area (Å²) in [6, 6.07) is 0. The van der Waals surface area contributed by atoms with Crippen LogP contribution in [0.15, 0.2) is 11.6 Å². The molecular weight excluding hydrogens is 877 g/mol. The van der Waals surface area contributed by atoms with Crippen LogP contribution in [-0.4, -0.2) is 191 Å². The van der Waals surface area contributed by atoms with Gasteiger partial charge in [0.15, 0.2) is 18.9 Å². The molecule has 0 amide bonds. The van der Waals surface area contributed by atoms with Crippen molar-refractivity contribution in [1.29, 1.82) is 0 Å². The van der Waals surface area contributed by atoms with Crippen LogP contribution in [0.1, 0.15) is 120 Å². The molecule has 7 fully saturated rings. The van der Waals surface area contributed by atoms with E-state index in [1.165, 1.54) is 6.92 Å². The molecule has 67 heavy (non-hydrogen) atoms. The Balaban J connectivity index is 1.26. The highest BCUT2D eigenvalue weighted by Gasteiger charge is 2.74. The SMILES string of the molecule is CC(C)=CCCCC(C)(OC1OC(CO)C(O)C(O)C1O)C1CCC2(C)C1C(O)CC1C3(C)CCC(O)C(C)(C)C3C(OC3OC(CO)C(O)C(O)C3OC3OC(C)C(O)C(O)C3O)CC12C. The Kier molecular flexibility index (Phi) is 15.9. The van der Waals surface area contributed by atoms with E-state index in [1.807, 2.05) is 34.6 Å². The summed E-state index contributed by atoms with van der Waals surface area (Å²) < 4.78 is 38.2. The average Bonchev–Trinajstić information content (AvgIpc) is 3.66. The second-order valence-electron chi connectivity index (χ2n) is 23.4. The van der Waals surface area contributed by atoms with Gasteiger partial charge < -0.3 is 89.7 Å². The van der Waals surface area contributed by atoms with Crippen LogP contribution in [0.4, 0.5) is 0 Å². The first-order valence-corrected chi connectivity index (χ1v) is 24.8. The minimum Gasteiger partial charge on any atom is -0.394 e. The van der Waals surface area contributed by atoms with E-state index in [9.17, 15) is 61.3 Å². The average molecular weight is 961 g/mol. The summed E-state index contributed by atoms with van der Waals surface area (Å²) in [6.07, 6.45) is -17.4. The van der Waals surface area contributed by atoms with Crippen LogP contribution in [0.5, 0.6) is 0 Å². The van der Waals surface area contributed by atoms with E-state index in [4.69, 9.17) is 28.4 Å². The van der Waals surface area contributed by atoms with Crippen molar-refractivity contribution in [2.75, 3.05) is 13.2 Å². The van der Waals surface area contributed by atoms with Crippen molar-refractivity contribution in [3.05, 3.63) is 11.6 Å². The van der Waals surface area contributed by atoms with E-state index in [0.717, 1.165) is 12.0 Å². The normalized spacial score (nSPS) is 52.9. The molecule has 0 aromatic rings. The number of hydrogen-bond acceptors (Lipinski definition) is 18. The van der Waals surface area contributed by atoms with Gasteiger partial charge in [-0.1, -0.05) is 46.3 Å². The lowest BCUT2D eigenvalue weighted by Crippen LogP contribution is -2.71. The first kappa shape index (κ1) is 53.8. The zero-order valence-corrected chi connectivity index (χ0v) is 40.9. The lowest BCUT2D eigenvalue weighted by Gasteiger charge is -2.72. The molecule has 388 valence electrons. The summed E-state index contributed by atoms with van der Waals surface area (Å²) in [5.41, 5.74) is -2.34. The molecule has 18 heteroatoms. The minimum atomic E-state index is -1.75. The summed E-state index contributed by atoms with van der Waals surface area (Å²) in [7, 11) is 0. The smallest absolute Gasteiger partial charge is 0.187 e. The number of fused-ring (bicyclic) bond motifs is 5. The molecule has 0 aromatic carbocycles. The molecular formula is C49H84O18. The maximum absolute atomic E-state index is 12.8. The Bertz CT molecular complexity index is 1710. The molecule has 7 aliphatic rings. The number of aliphatic hydroxyl groups excluding tert-OH is 12. The van der Waals surface area contributed by atoms with Gasteiger partial charge in [0.25, 0.3) is 0 Å². The highest BCUT2D eigenvalue weighted by atomic mass is 16.8. The lowest BCUT2D eigenvalue weighted by atomic mass is 9.34. The predicted octanol–water partition coefficient (Wildman–Crippen LogP) is 0.362. The highest BCUT2D eigenvalue weighted by molar-refractivity contribution is 5.22. The summed E-state index contributed by atoms with van der Waals surface area (Å²) in [5, 5.41) is 132. The Morgan fingerprint density at radius 3 is 1.91 bits per heavy atom. The van der Waals surface area contributed by atoms with Crippen LogP contribution in [0.25, 0.3) is 0 Å². The second kappa shape index (κ2) is 19.8. The molecule has 4 aliphatic carbocycles. The summed E-state index contributed by atoms with van der Waals surface area (Å²) in [4.78, 5) is 0. The third-order valence-corrected chi connectivity index (χ3v) is 18.9. The first-order chi connectivity index (χ1) is 31.2. The van der Waals surface area contributed by atoms with E-state index < -0.39 is 151 Å². The van der Waals surface area contributed by atoms with Gasteiger partial charge in [0.05, 0.1) is 43.2 Å². The summed E-state index contributed by atoms with van der Waals surface area (Å²) in [6.45, 7) is 16.9. The van der Waals surface area contributed by atoms with Crippen molar-refractivity contribution in [3.63, 3.8) is 0 Å².